The van der Waals surface area contributed by atoms with Crippen molar-refractivity contribution in [1.29, 1.82) is 0 Å². The lowest BCUT2D eigenvalue weighted by molar-refractivity contribution is -0.384. The summed E-state index contributed by atoms with van der Waals surface area (Å²) in [6.07, 6.45) is 1.57. The standard InChI is InChI=1S/C25H19ClN2O4/c26-18-10-11-20(28(31)32)22(13-18)27-21-6-3-7-23(29)25(21)19(14-24(27)30)17-9-8-15-4-1-2-5-16(15)12-17/h1-2,4-5,8-13,19H,3,6-7,14H2. The number of allylic oxidation sites excluding steroid dienone is 2. The monoisotopic (exact) mass is 446 g/mol. The predicted octanol–water partition coefficient (Wildman–Crippen LogP) is 5.93. The van der Waals surface area contributed by atoms with E-state index in [0.29, 0.717) is 35.6 Å². The van der Waals surface area contributed by atoms with Gasteiger partial charge in [-0.25, -0.2) is 0 Å². The van der Waals surface area contributed by atoms with Crippen LogP contribution in [0.4, 0.5) is 11.4 Å². The van der Waals surface area contributed by atoms with Crippen molar-refractivity contribution in [3.05, 3.63) is 92.6 Å². The molecule has 3 aromatic carbocycles. The first kappa shape index (κ1) is 20.4. The number of fused-ring (bicyclic) bond motifs is 1. The van der Waals surface area contributed by atoms with Gasteiger partial charge in [0.15, 0.2) is 5.78 Å². The molecule has 2 aliphatic rings. The normalized spacial score (nSPS) is 18.8. The molecule has 1 unspecified atom stereocenters. The highest BCUT2D eigenvalue weighted by Crippen LogP contribution is 2.46. The van der Waals surface area contributed by atoms with Crippen LogP contribution in [-0.4, -0.2) is 16.6 Å². The quantitative estimate of drug-likeness (QED) is 0.369. The van der Waals surface area contributed by atoms with Crippen molar-refractivity contribution in [2.75, 3.05) is 4.90 Å². The van der Waals surface area contributed by atoms with Gasteiger partial charge in [0.25, 0.3) is 5.69 Å². The fourth-order valence-corrected chi connectivity index (χ4v) is 4.98. The maximum absolute atomic E-state index is 13.4. The van der Waals surface area contributed by atoms with E-state index in [-0.39, 0.29) is 35.4 Å². The zero-order valence-electron chi connectivity index (χ0n) is 17.1. The van der Waals surface area contributed by atoms with Crippen LogP contribution in [0, 0.1) is 10.1 Å². The fourth-order valence-electron chi connectivity index (χ4n) is 4.81. The number of hydrogen-bond acceptors (Lipinski definition) is 4. The van der Waals surface area contributed by atoms with Gasteiger partial charge in [0.05, 0.1) is 4.92 Å². The molecule has 3 aromatic rings. The second-order valence-corrected chi connectivity index (χ2v) is 8.56. The summed E-state index contributed by atoms with van der Waals surface area (Å²) in [7, 11) is 0. The molecule has 6 nitrogen and oxygen atoms in total. The lowest BCUT2D eigenvalue weighted by atomic mass is 9.76. The van der Waals surface area contributed by atoms with E-state index in [1.807, 2.05) is 42.5 Å². The van der Waals surface area contributed by atoms with Crippen LogP contribution < -0.4 is 4.90 Å². The second kappa shape index (κ2) is 7.88. The molecule has 5 rings (SSSR count). The van der Waals surface area contributed by atoms with Crippen molar-refractivity contribution in [2.45, 2.75) is 31.6 Å². The molecule has 1 heterocycles. The van der Waals surface area contributed by atoms with Crippen molar-refractivity contribution >= 4 is 45.4 Å². The van der Waals surface area contributed by atoms with Crippen LogP contribution in [-0.2, 0) is 9.59 Å². The predicted molar refractivity (Wildman–Crippen MR) is 123 cm³/mol. The highest BCUT2D eigenvalue weighted by atomic mass is 35.5. The molecule has 1 aliphatic heterocycles. The van der Waals surface area contributed by atoms with E-state index in [0.717, 1.165) is 16.3 Å². The fraction of sp³-hybridized carbons (Fsp3) is 0.200. The third-order valence-corrected chi connectivity index (χ3v) is 6.46. The number of Topliss-reactive ketones (excluding diaryl/α,β-unsaturated/α-hetero) is 1. The first-order valence-corrected chi connectivity index (χ1v) is 10.8. The molecule has 0 radical (unpaired) electrons. The Labute approximate surface area is 189 Å². The molecule has 1 aliphatic carbocycles. The second-order valence-electron chi connectivity index (χ2n) is 8.12. The molecule has 160 valence electrons. The maximum atomic E-state index is 13.4. The van der Waals surface area contributed by atoms with Gasteiger partial charge in [0.2, 0.25) is 5.91 Å². The van der Waals surface area contributed by atoms with E-state index in [9.17, 15) is 19.7 Å². The van der Waals surface area contributed by atoms with Crippen LogP contribution in [0.3, 0.4) is 0 Å². The molecule has 0 bridgehead atoms. The van der Waals surface area contributed by atoms with Crippen molar-refractivity contribution in [3.63, 3.8) is 0 Å². The highest BCUT2D eigenvalue weighted by molar-refractivity contribution is 6.31. The van der Waals surface area contributed by atoms with Crippen LogP contribution in [0.2, 0.25) is 5.02 Å². The van der Waals surface area contributed by atoms with Crippen molar-refractivity contribution in [1.82, 2.24) is 0 Å². The number of nitro groups is 1. The van der Waals surface area contributed by atoms with E-state index >= 15 is 0 Å². The Hall–Kier alpha value is -3.51. The van der Waals surface area contributed by atoms with E-state index in [4.69, 9.17) is 11.6 Å². The molecule has 0 aromatic heterocycles. The average Bonchev–Trinajstić information content (AvgIpc) is 2.78. The summed E-state index contributed by atoms with van der Waals surface area (Å²) in [5.41, 5.74) is 1.95. The van der Waals surface area contributed by atoms with Crippen LogP contribution in [0.5, 0.6) is 0 Å². The number of benzene rings is 3. The minimum Gasteiger partial charge on any atom is -0.294 e. The lowest BCUT2D eigenvalue weighted by Gasteiger charge is -2.38. The topological polar surface area (TPSA) is 80.5 Å². The summed E-state index contributed by atoms with van der Waals surface area (Å²) in [4.78, 5) is 39.0. The van der Waals surface area contributed by atoms with Crippen LogP contribution in [0.1, 0.15) is 37.2 Å². The van der Waals surface area contributed by atoms with Crippen LogP contribution >= 0.6 is 11.6 Å². The van der Waals surface area contributed by atoms with Crippen molar-refractivity contribution < 1.29 is 14.5 Å². The van der Waals surface area contributed by atoms with Gasteiger partial charge in [0.1, 0.15) is 5.69 Å². The van der Waals surface area contributed by atoms with E-state index < -0.39 is 4.92 Å². The summed E-state index contributed by atoms with van der Waals surface area (Å²) in [6, 6.07) is 18.1. The molecule has 0 spiro atoms. The number of amides is 1. The molecule has 0 N–H and O–H groups in total. The van der Waals surface area contributed by atoms with E-state index in [2.05, 4.69) is 0 Å². The summed E-state index contributed by atoms with van der Waals surface area (Å²) >= 11 is 6.13. The van der Waals surface area contributed by atoms with Gasteiger partial charge >= 0.3 is 0 Å². The molecule has 0 saturated heterocycles. The summed E-state index contributed by atoms with van der Waals surface area (Å²) in [6.45, 7) is 0. The first-order valence-electron chi connectivity index (χ1n) is 10.5. The average molecular weight is 447 g/mol. The number of rotatable bonds is 3. The summed E-state index contributed by atoms with van der Waals surface area (Å²) in [5, 5.41) is 14.1. The Kier molecular flexibility index (Phi) is 5.02. The Bertz CT molecular complexity index is 1330. The Morgan fingerprint density at radius 2 is 1.75 bits per heavy atom. The minimum atomic E-state index is -0.529. The molecular weight excluding hydrogens is 428 g/mol. The smallest absolute Gasteiger partial charge is 0.293 e. The SMILES string of the molecule is O=C1CCCC2=C1C(c1ccc3ccccc3c1)CC(=O)N2c1cc(Cl)ccc1[N+](=O)[O-]. The third-order valence-electron chi connectivity index (χ3n) is 6.23. The highest BCUT2D eigenvalue weighted by Gasteiger charge is 2.41. The minimum absolute atomic E-state index is 0.00779. The molecule has 1 atom stereocenters. The van der Waals surface area contributed by atoms with Crippen LogP contribution in [0.15, 0.2) is 71.9 Å². The van der Waals surface area contributed by atoms with Gasteiger partial charge in [-0.2, -0.15) is 0 Å². The van der Waals surface area contributed by atoms with E-state index in [1.165, 1.54) is 23.1 Å². The number of nitrogens with zero attached hydrogens (tertiary/aromatic N) is 2. The zero-order valence-corrected chi connectivity index (χ0v) is 17.8. The van der Waals surface area contributed by atoms with Crippen molar-refractivity contribution in [2.24, 2.45) is 0 Å². The van der Waals surface area contributed by atoms with E-state index in [1.54, 1.807) is 0 Å². The molecule has 7 heteroatoms. The number of hydrogen-bond donors (Lipinski definition) is 0. The van der Waals surface area contributed by atoms with Crippen molar-refractivity contribution in [3.8, 4) is 0 Å². The number of carbonyl (C=O) groups excluding carboxylic acids is 2. The number of nitro benzene ring substituents is 1. The van der Waals surface area contributed by atoms with Gasteiger partial charge in [-0.1, -0.05) is 54.1 Å². The van der Waals surface area contributed by atoms with Gasteiger partial charge in [0, 0.05) is 41.1 Å². The van der Waals surface area contributed by atoms with Gasteiger partial charge < -0.3 is 0 Å². The zero-order chi connectivity index (χ0) is 22.4. The Morgan fingerprint density at radius 1 is 0.969 bits per heavy atom. The number of anilines is 1. The summed E-state index contributed by atoms with van der Waals surface area (Å²) in [5.74, 6) is -0.655. The molecule has 0 fully saturated rings. The van der Waals surface area contributed by atoms with Gasteiger partial charge in [-0.3, -0.25) is 24.6 Å². The van der Waals surface area contributed by atoms with Crippen LogP contribution in [0.25, 0.3) is 10.8 Å². The lowest BCUT2D eigenvalue weighted by Crippen LogP contribution is -2.40. The Balaban J connectivity index is 1.69. The number of halogens is 1. The molecule has 32 heavy (non-hydrogen) atoms. The third kappa shape index (κ3) is 3.37. The molecule has 1 amide bonds. The first-order chi connectivity index (χ1) is 15.4. The maximum Gasteiger partial charge on any atom is 0.293 e. The Morgan fingerprint density at radius 3 is 2.53 bits per heavy atom. The number of carbonyl (C=O) groups is 2. The molecular formula is C25H19ClN2O4. The summed E-state index contributed by atoms with van der Waals surface area (Å²) < 4.78 is 0. The van der Waals surface area contributed by atoms with Gasteiger partial charge in [-0.05, 0) is 41.3 Å². The number of ketones is 1. The van der Waals surface area contributed by atoms with Gasteiger partial charge in [-0.15, -0.1) is 0 Å². The molecule has 0 saturated carbocycles. The largest absolute Gasteiger partial charge is 0.294 e.